The number of carbonyl (C=O) groups is 2. The Morgan fingerprint density at radius 3 is 2.42 bits per heavy atom. The molecule has 0 spiro atoms. The van der Waals surface area contributed by atoms with Gasteiger partial charge >= 0.3 is 0 Å². The molecule has 2 aromatic carbocycles. The van der Waals surface area contributed by atoms with E-state index in [1.165, 1.54) is 6.07 Å². The molecule has 2 rings (SSSR count). The minimum Gasteiger partial charge on any atom is -0.350 e. The van der Waals surface area contributed by atoms with Crippen LogP contribution in [-0.4, -0.2) is 24.9 Å². The minimum absolute atomic E-state index is 0.214. The van der Waals surface area contributed by atoms with Crippen molar-refractivity contribution in [3.8, 4) is 0 Å². The summed E-state index contributed by atoms with van der Waals surface area (Å²) in [6.07, 6.45) is 0. The summed E-state index contributed by atoms with van der Waals surface area (Å²) in [5.74, 6) is -1.17. The summed E-state index contributed by atoms with van der Waals surface area (Å²) in [4.78, 5) is 23.9. The van der Waals surface area contributed by atoms with Crippen LogP contribution in [0.5, 0.6) is 0 Å². The Kier molecular flexibility index (Phi) is 6.34. The third-order valence-corrected chi connectivity index (χ3v) is 4.13. The molecule has 0 saturated carbocycles. The molecular formula is C17H15BrClFN2O2. The van der Waals surface area contributed by atoms with E-state index in [0.717, 1.165) is 4.47 Å². The molecule has 24 heavy (non-hydrogen) atoms. The Hall–Kier alpha value is -1.92. The molecule has 7 heteroatoms. The van der Waals surface area contributed by atoms with Crippen LogP contribution < -0.4 is 10.6 Å². The van der Waals surface area contributed by atoms with Crippen LogP contribution >= 0.6 is 27.5 Å². The van der Waals surface area contributed by atoms with Gasteiger partial charge in [0.1, 0.15) is 5.82 Å². The van der Waals surface area contributed by atoms with Gasteiger partial charge in [-0.3, -0.25) is 9.59 Å². The number of aryl methyl sites for hydroxylation is 1. The molecule has 0 aliphatic rings. The van der Waals surface area contributed by atoms with Crippen LogP contribution in [0.25, 0.3) is 0 Å². The van der Waals surface area contributed by atoms with Crippen LogP contribution in [0, 0.1) is 12.7 Å². The van der Waals surface area contributed by atoms with Crippen molar-refractivity contribution >= 4 is 39.3 Å². The number of amides is 2. The lowest BCUT2D eigenvalue weighted by molar-refractivity contribution is 0.0927. The van der Waals surface area contributed by atoms with Crippen molar-refractivity contribution in [1.29, 1.82) is 0 Å². The summed E-state index contributed by atoms with van der Waals surface area (Å²) in [5.41, 5.74) is 1.06. The smallest absolute Gasteiger partial charge is 0.252 e. The zero-order valence-electron chi connectivity index (χ0n) is 12.8. The van der Waals surface area contributed by atoms with E-state index in [2.05, 4.69) is 26.6 Å². The second kappa shape index (κ2) is 8.26. The molecule has 0 atom stereocenters. The highest BCUT2D eigenvalue weighted by Gasteiger charge is 2.11. The topological polar surface area (TPSA) is 58.2 Å². The Labute approximate surface area is 152 Å². The number of hydrogen-bond acceptors (Lipinski definition) is 2. The Morgan fingerprint density at radius 1 is 1.08 bits per heavy atom. The average Bonchev–Trinajstić information content (AvgIpc) is 2.55. The maximum Gasteiger partial charge on any atom is 0.252 e. The van der Waals surface area contributed by atoms with E-state index in [9.17, 15) is 14.0 Å². The van der Waals surface area contributed by atoms with Crippen LogP contribution in [0.1, 0.15) is 26.3 Å². The van der Waals surface area contributed by atoms with Gasteiger partial charge in [-0.1, -0.05) is 33.6 Å². The lowest BCUT2D eigenvalue weighted by Gasteiger charge is -2.09. The van der Waals surface area contributed by atoms with Crippen LogP contribution in [0.3, 0.4) is 0 Å². The lowest BCUT2D eigenvalue weighted by Crippen LogP contribution is -2.34. The number of carbonyl (C=O) groups excluding carboxylic acids is 2. The summed E-state index contributed by atoms with van der Waals surface area (Å²) < 4.78 is 14.2. The van der Waals surface area contributed by atoms with E-state index in [0.29, 0.717) is 16.1 Å². The monoisotopic (exact) mass is 412 g/mol. The molecule has 0 radical (unpaired) electrons. The minimum atomic E-state index is -0.430. The maximum atomic E-state index is 13.4. The van der Waals surface area contributed by atoms with Gasteiger partial charge in [0.15, 0.2) is 0 Å². The molecule has 0 aliphatic heterocycles. The summed E-state index contributed by atoms with van der Waals surface area (Å²) in [7, 11) is 0. The molecule has 0 heterocycles. The Balaban J connectivity index is 1.84. The summed E-state index contributed by atoms with van der Waals surface area (Å²) in [6.45, 7) is 2.06. The van der Waals surface area contributed by atoms with Gasteiger partial charge in [0.2, 0.25) is 0 Å². The van der Waals surface area contributed by atoms with Crippen molar-refractivity contribution in [2.75, 3.05) is 13.1 Å². The molecule has 0 aliphatic carbocycles. The SMILES string of the molecule is Cc1ccc(C(=O)NCCNC(=O)c2cc(Br)ccc2Cl)cc1F. The van der Waals surface area contributed by atoms with E-state index in [1.54, 1.807) is 37.3 Å². The van der Waals surface area contributed by atoms with E-state index in [4.69, 9.17) is 11.6 Å². The number of hydrogen-bond donors (Lipinski definition) is 2. The van der Waals surface area contributed by atoms with Crippen molar-refractivity contribution in [2.45, 2.75) is 6.92 Å². The fraction of sp³-hybridized carbons (Fsp3) is 0.176. The zero-order chi connectivity index (χ0) is 17.7. The van der Waals surface area contributed by atoms with Gasteiger partial charge in [-0.05, 0) is 42.8 Å². The Morgan fingerprint density at radius 2 is 1.75 bits per heavy atom. The van der Waals surface area contributed by atoms with E-state index in [-0.39, 0.29) is 24.6 Å². The molecule has 0 fully saturated rings. The number of rotatable bonds is 5. The summed E-state index contributed by atoms with van der Waals surface area (Å²) in [5, 5.41) is 5.62. The quantitative estimate of drug-likeness (QED) is 0.734. The van der Waals surface area contributed by atoms with Crippen LogP contribution in [0.15, 0.2) is 40.9 Å². The fourth-order valence-electron chi connectivity index (χ4n) is 1.95. The predicted molar refractivity (Wildman–Crippen MR) is 95.0 cm³/mol. The molecule has 2 N–H and O–H groups in total. The molecule has 126 valence electrons. The Bertz CT molecular complexity index is 783. The number of halogens is 3. The van der Waals surface area contributed by atoms with Crippen LogP contribution in [-0.2, 0) is 0 Å². The molecule has 2 aromatic rings. The first-order valence-corrected chi connectivity index (χ1v) is 8.33. The second-order valence-corrected chi connectivity index (χ2v) is 6.42. The van der Waals surface area contributed by atoms with Crippen molar-refractivity contribution in [2.24, 2.45) is 0 Å². The normalized spacial score (nSPS) is 10.3. The maximum absolute atomic E-state index is 13.4. The van der Waals surface area contributed by atoms with Crippen LogP contribution in [0.4, 0.5) is 4.39 Å². The first kappa shape index (κ1) is 18.4. The van der Waals surface area contributed by atoms with Crippen LogP contribution in [0.2, 0.25) is 5.02 Å². The van der Waals surface area contributed by atoms with Gasteiger partial charge in [0.05, 0.1) is 10.6 Å². The van der Waals surface area contributed by atoms with Gasteiger partial charge in [0, 0.05) is 23.1 Å². The first-order valence-electron chi connectivity index (χ1n) is 7.16. The largest absolute Gasteiger partial charge is 0.350 e. The molecular weight excluding hydrogens is 399 g/mol. The van der Waals surface area contributed by atoms with Crippen molar-refractivity contribution < 1.29 is 14.0 Å². The standard InChI is InChI=1S/C17H15BrClFN2O2/c1-10-2-3-11(8-15(10)20)16(23)21-6-7-22-17(24)13-9-12(18)4-5-14(13)19/h2-5,8-9H,6-7H2,1H3,(H,21,23)(H,22,24). The zero-order valence-corrected chi connectivity index (χ0v) is 15.2. The summed E-state index contributed by atoms with van der Waals surface area (Å²) >= 11 is 9.25. The van der Waals surface area contributed by atoms with Crippen molar-refractivity contribution in [3.05, 3.63) is 68.4 Å². The molecule has 0 aromatic heterocycles. The van der Waals surface area contributed by atoms with Gasteiger partial charge in [-0.25, -0.2) is 4.39 Å². The molecule has 0 bridgehead atoms. The van der Waals surface area contributed by atoms with Crippen molar-refractivity contribution in [1.82, 2.24) is 10.6 Å². The van der Waals surface area contributed by atoms with Gasteiger partial charge in [-0.2, -0.15) is 0 Å². The van der Waals surface area contributed by atoms with Crippen molar-refractivity contribution in [3.63, 3.8) is 0 Å². The number of benzene rings is 2. The van der Waals surface area contributed by atoms with Gasteiger partial charge in [0.25, 0.3) is 11.8 Å². The molecule has 4 nitrogen and oxygen atoms in total. The number of nitrogens with one attached hydrogen (secondary N) is 2. The lowest BCUT2D eigenvalue weighted by atomic mass is 10.1. The average molecular weight is 414 g/mol. The fourth-order valence-corrected chi connectivity index (χ4v) is 2.52. The molecule has 2 amide bonds. The highest BCUT2D eigenvalue weighted by molar-refractivity contribution is 9.10. The van der Waals surface area contributed by atoms with E-state index in [1.807, 2.05) is 0 Å². The highest BCUT2D eigenvalue weighted by Crippen LogP contribution is 2.20. The third-order valence-electron chi connectivity index (χ3n) is 3.30. The second-order valence-electron chi connectivity index (χ2n) is 5.10. The highest BCUT2D eigenvalue weighted by atomic mass is 79.9. The molecule has 0 saturated heterocycles. The van der Waals surface area contributed by atoms with Gasteiger partial charge < -0.3 is 10.6 Å². The van der Waals surface area contributed by atoms with E-state index < -0.39 is 11.7 Å². The third kappa shape index (κ3) is 4.79. The predicted octanol–water partition coefficient (Wildman–Crippen LogP) is 3.71. The summed E-state index contributed by atoms with van der Waals surface area (Å²) in [6, 6.07) is 9.25. The molecule has 0 unspecified atom stereocenters. The van der Waals surface area contributed by atoms with E-state index >= 15 is 0 Å². The first-order chi connectivity index (χ1) is 11.4. The van der Waals surface area contributed by atoms with Gasteiger partial charge in [-0.15, -0.1) is 0 Å².